The summed E-state index contributed by atoms with van der Waals surface area (Å²) in [5.41, 5.74) is 13.0. The molecular weight excluding hydrogens is 422 g/mol. The fourth-order valence-corrected chi connectivity index (χ4v) is 5.25. The van der Waals surface area contributed by atoms with Gasteiger partial charge in [-0.3, -0.25) is 0 Å². The van der Waals surface area contributed by atoms with Crippen LogP contribution in [0.4, 0.5) is 0 Å². The molecule has 34 heavy (non-hydrogen) atoms. The second-order valence-corrected chi connectivity index (χ2v) is 9.64. The number of rotatable bonds is 4. The van der Waals surface area contributed by atoms with Crippen molar-refractivity contribution in [3.63, 3.8) is 0 Å². The molecule has 0 bridgehead atoms. The number of nitrogens with zero attached hydrogens (tertiary/aromatic N) is 4. The largest absolute Gasteiger partial charge is 0.390 e. The number of aromatic nitrogens is 4. The Morgan fingerprint density at radius 2 is 1.74 bits per heavy atom. The number of benzene rings is 2. The summed E-state index contributed by atoms with van der Waals surface area (Å²) in [5, 5.41) is 16.0. The summed E-state index contributed by atoms with van der Waals surface area (Å²) in [6.07, 6.45) is 3.76. The molecule has 6 nitrogen and oxygen atoms in total. The molecule has 1 saturated carbocycles. The van der Waals surface area contributed by atoms with Crippen LogP contribution in [0.5, 0.6) is 0 Å². The molecule has 0 amide bonds. The van der Waals surface area contributed by atoms with Gasteiger partial charge in [0.05, 0.1) is 17.0 Å². The monoisotopic (exact) mass is 449 g/mol. The van der Waals surface area contributed by atoms with Crippen molar-refractivity contribution in [3.05, 3.63) is 84.2 Å². The van der Waals surface area contributed by atoms with Crippen molar-refractivity contribution in [2.45, 2.75) is 44.2 Å². The van der Waals surface area contributed by atoms with Crippen LogP contribution in [0.2, 0.25) is 0 Å². The summed E-state index contributed by atoms with van der Waals surface area (Å²) in [4.78, 5) is 9.68. The molecule has 0 atom stereocenters. The van der Waals surface area contributed by atoms with Crippen molar-refractivity contribution in [1.29, 1.82) is 0 Å². The fraction of sp³-hybridized carbons (Fsp3) is 0.250. The predicted molar refractivity (Wildman–Crippen MR) is 134 cm³/mol. The average molecular weight is 450 g/mol. The lowest BCUT2D eigenvalue weighted by Gasteiger charge is -2.51. The summed E-state index contributed by atoms with van der Waals surface area (Å²) in [5.74, 6) is 0. The van der Waals surface area contributed by atoms with Crippen LogP contribution < -0.4 is 5.73 Å². The topological polar surface area (TPSA) is 89.3 Å². The highest BCUT2D eigenvalue weighted by Gasteiger charge is 2.51. The number of fused-ring (bicyclic) bond motifs is 3. The third-order valence-electron chi connectivity index (χ3n) is 7.15. The molecule has 0 saturated heterocycles. The van der Waals surface area contributed by atoms with Crippen LogP contribution in [0.15, 0.2) is 72.9 Å². The van der Waals surface area contributed by atoms with Gasteiger partial charge in [-0.2, -0.15) is 9.61 Å². The van der Waals surface area contributed by atoms with Gasteiger partial charge in [-0.1, -0.05) is 61.5 Å². The first-order valence-electron chi connectivity index (χ1n) is 11.7. The zero-order chi connectivity index (χ0) is 23.5. The van der Waals surface area contributed by atoms with Gasteiger partial charge in [0.2, 0.25) is 0 Å². The average Bonchev–Trinajstić information content (AvgIpc) is 3.23. The molecule has 5 aromatic rings. The van der Waals surface area contributed by atoms with E-state index < -0.39 is 11.1 Å². The van der Waals surface area contributed by atoms with Gasteiger partial charge in [0.25, 0.3) is 0 Å². The highest BCUT2D eigenvalue weighted by atomic mass is 16.3. The zero-order valence-corrected chi connectivity index (χ0v) is 19.4. The number of pyridine rings is 1. The number of hydrogen-bond acceptors (Lipinski definition) is 5. The van der Waals surface area contributed by atoms with Gasteiger partial charge < -0.3 is 10.8 Å². The maximum atomic E-state index is 10.5. The Labute approximate surface area is 198 Å². The molecule has 3 heterocycles. The van der Waals surface area contributed by atoms with E-state index in [4.69, 9.17) is 10.7 Å². The second kappa shape index (κ2) is 7.45. The van der Waals surface area contributed by atoms with Crippen LogP contribution >= 0.6 is 0 Å². The molecule has 2 aromatic carbocycles. The third kappa shape index (κ3) is 3.30. The number of aliphatic hydroxyl groups is 1. The molecular formula is C28H27N5O. The van der Waals surface area contributed by atoms with Crippen LogP contribution in [0.25, 0.3) is 39.1 Å². The van der Waals surface area contributed by atoms with Gasteiger partial charge >= 0.3 is 0 Å². The van der Waals surface area contributed by atoms with E-state index in [1.165, 1.54) is 0 Å². The van der Waals surface area contributed by atoms with Crippen LogP contribution in [0.3, 0.4) is 0 Å². The van der Waals surface area contributed by atoms with Crippen molar-refractivity contribution in [2.75, 3.05) is 0 Å². The minimum Gasteiger partial charge on any atom is -0.390 e. The lowest BCUT2D eigenvalue weighted by Crippen LogP contribution is -2.59. The van der Waals surface area contributed by atoms with E-state index in [9.17, 15) is 5.11 Å². The fourth-order valence-electron chi connectivity index (χ4n) is 5.25. The van der Waals surface area contributed by atoms with Crippen molar-refractivity contribution in [1.82, 2.24) is 19.6 Å². The van der Waals surface area contributed by atoms with Crippen LogP contribution in [-0.2, 0) is 5.54 Å². The highest BCUT2D eigenvalue weighted by Crippen LogP contribution is 2.48. The second-order valence-electron chi connectivity index (χ2n) is 9.64. The Morgan fingerprint density at radius 1 is 1.00 bits per heavy atom. The van der Waals surface area contributed by atoms with E-state index in [1.807, 2.05) is 48.8 Å². The summed E-state index contributed by atoms with van der Waals surface area (Å²) in [6, 6.07) is 22.7. The smallest absolute Gasteiger partial charge is 0.165 e. The normalized spacial score (nSPS) is 22.2. The van der Waals surface area contributed by atoms with Crippen molar-refractivity contribution < 1.29 is 5.11 Å². The molecule has 1 aliphatic carbocycles. The Morgan fingerprint density at radius 3 is 2.44 bits per heavy atom. The Balaban J connectivity index is 1.50. The van der Waals surface area contributed by atoms with E-state index >= 15 is 0 Å². The van der Waals surface area contributed by atoms with E-state index in [-0.39, 0.29) is 0 Å². The minimum absolute atomic E-state index is 0.479. The van der Waals surface area contributed by atoms with Gasteiger partial charge in [-0.05, 0) is 43.4 Å². The molecule has 1 aliphatic rings. The summed E-state index contributed by atoms with van der Waals surface area (Å²) >= 11 is 0. The first-order chi connectivity index (χ1) is 16.4. The van der Waals surface area contributed by atoms with Gasteiger partial charge in [-0.25, -0.2) is 9.97 Å². The van der Waals surface area contributed by atoms with Gasteiger partial charge in [0, 0.05) is 34.3 Å². The molecule has 3 N–H and O–H groups in total. The molecule has 0 radical (unpaired) electrons. The Hall–Kier alpha value is -3.61. The maximum absolute atomic E-state index is 10.5. The number of aryl methyl sites for hydroxylation is 1. The van der Waals surface area contributed by atoms with E-state index in [2.05, 4.69) is 52.5 Å². The molecule has 1 fully saturated rings. The van der Waals surface area contributed by atoms with Gasteiger partial charge in [0.1, 0.15) is 0 Å². The van der Waals surface area contributed by atoms with Crippen molar-refractivity contribution in [3.8, 4) is 22.4 Å². The minimum atomic E-state index is -0.644. The molecule has 0 unspecified atom stereocenters. The Kier molecular flexibility index (Phi) is 4.59. The van der Waals surface area contributed by atoms with Crippen molar-refractivity contribution in [2.24, 2.45) is 5.73 Å². The zero-order valence-electron chi connectivity index (χ0n) is 19.4. The van der Waals surface area contributed by atoms with E-state index in [1.54, 1.807) is 0 Å². The van der Waals surface area contributed by atoms with Gasteiger partial charge in [0.15, 0.2) is 11.3 Å². The molecule has 0 aliphatic heterocycles. The van der Waals surface area contributed by atoms with Crippen LogP contribution in [0, 0.1) is 6.92 Å². The molecule has 3 aromatic heterocycles. The van der Waals surface area contributed by atoms with E-state index in [0.29, 0.717) is 12.8 Å². The summed E-state index contributed by atoms with van der Waals surface area (Å²) in [6.45, 7) is 3.97. The lowest BCUT2D eigenvalue weighted by molar-refractivity contribution is -0.0916. The standard InChI is InChI=1S/C28H27N5O/c1-3-27(34)16-28(29,17-27)22-11-9-20(10-12-22)25-23(19-7-5-4-6-8-19)14-21-15-30-24-13-18(2)32-33(24)26(21)31-25/h4-15,34H,3,16-17,29H2,1-2H3/t27-,28-. The molecule has 6 heteroatoms. The Bertz CT molecular complexity index is 1520. The number of hydrogen-bond donors (Lipinski definition) is 2. The van der Waals surface area contributed by atoms with Crippen LogP contribution in [-0.4, -0.2) is 30.3 Å². The summed E-state index contributed by atoms with van der Waals surface area (Å²) in [7, 11) is 0. The highest BCUT2D eigenvalue weighted by molar-refractivity contribution is 5.90. The predicted octanol–water partition coefficient (Wildman–Crippen LogP) is 5.01. The SMILES string of the molecule is CC[C@]1(O)C[C@@](N)(c2ccc(-c3nc4c(cnc5cc(C)nn54)cc3-c3ccccc3)cc2)C1. The maximum Gasteiger partial charge on any atom is 0.165 e. The van der Waals surface area contributed by atoms with E-state index in [0.717, 1.165) is 56.7 Å². The lowest BCUT2D eigenvalue weighted by atomic mass is 9.61. The summed E-state index contributed by atoms with van der Waals surface area (Å²) < 4.78 is 1.81. The molecule has 6 rings (SSSR count). The van der Waals surface area contributed by atoms with Crippen molar-refractivity contribution >= 4 is 16.7 Å². The molecule has 170 valence electrons. The number of nitrogens with two attached hydrogens (primary N) is 1. The first-order valence-corrected chi connectivity index (χ1v) is 11.7. The molecule has 0 spiro atoms. The van der Waals surface area contributed by atoms with Crippen LogP contribution in [0.1, 0.15) is 37.4 Å². The quantitative estimate of drug-likeness (QED) is 0.403. The third-order valence-corrected chi connectivity index (χ3v) is 7.15. The van der Waals surface area contributed by atoms with Gasteiger partial charge in [-0.15, -0.1) is 0 Å². The first kappa shape index (κ1) is 21.0.